The zero-order chi connectivity index (χ0) is 17.8. The lowest BCUT2D eigenvalue weighted by atomic mass is 10.2. The van der Waals surface area contributed by atoms with Gasteiger partial charge in [-0.15, -0.1) is 11.3 Å². The van der Waals surface area contributed by atoms with E-state index >= 15 is 0 Å². The van der Waals surface area contributed by atoms with Crippen LogP contribution in [0.3, 0.4) is 0 Å². The highest BCUT2D eigenvalue weighted by Gasteiger charge is 2.11. The summed E-state index contributed by atoms with van der Waals surface area (Å²) in [5, 5.41) is 8.45. The monoisotopic (exact) mass is 371 g/mol. The Kier molecular flexibility index (Phi) is 5.11. The molecule has 0 fully saturated rings. The summed E-state index contributed by atoms with van der Waals surface area (Å²) >= 11 is 7.22. The number of aromatic nitrogens is 1. The molecule has 2 aromatic carbocycles. The van der Waals surface area contributed by atoms with E-state index in [1.807, 2.05) is 17.5 Å². The zero-order valence-corrected chi connectivity index (χ0v) is 14.8. The smallest absolute Gasteiger partial charge is 0.257 e. The van der Waals surface area contributed by atoms with Crippen molar-refractivity contribution in [3.05, 3.63) is 64.5 Å². The molecule has 1 heterocycles. The van der Waals surface area contributed by atoms with Gasteiger partial charge in [0.25, 0.3) is 5.91 Å². The van der Waals surface area contributed by atoms with Gasteiger partial charge < -0.3 is 5.32 Å². The van der Waals surface area contributed by atoms with Crippen molar-refractivity contribution in [1.82, 2.24) is 4.98 Å². The maximum absolute atomic E-state index is 12.4. The summed E-state index contributed by atoms with van der Waals surface area (Å²) in [6, 6.07) is 14.1. The number of carbonyl (C=O) groups excluding carboxylic acids is 2. The number of anilines is 2. The number of nitrogens with one attached hydrogen (secondary N) is 2. The molecule has 0 aliphatic heterocycles. The summed E-state index contributed by atoms with van der Waals surface area (Å²) in [7, 11) is 0. The van der Waals surface area contributed by atoms with Gasteiger partial charge in [0.1, 0.15) is 0 Å². The molecular weight excluding hydrogens is 358 g/mol. The van der Waals surface area contributed by atoms with Crippen molar-refractivity contribution in [2.75, 3.05) is 10.6 Å². The van der Waals surface area contributed by atoms with E-state index in [2.05, 4.69) is 15.6 Å². The van der Waals surface area contributed by atoms with Crippen molar-refractivity contribution >= 4 is 45.6 Å². The van der Waals surface area contributed by atoms with Gasteiger partial charge in [-0.05, 0) is 30.3 Å². The lowest BCUT2D eigenvalue weighted by Crippen LogP contribution is -2.13. The summed E-state index contributed by atoms with van der Waals surface area (Å²) in [4.78, 5) is 27.9. The second-order valence-electron chi connectivity index (χ2n) is 5.26. The fourth-order valence-corrected chi connectivity index (χ4v) is 3.04. The Morgan fingerprint density at radius 3 is 2.56 bits per heavy atom. The molecule has 7 heteroatoms. The van der Waals surface area contributed by atoms with Gasteiger partial charge in [-0.1, -0.05) is 29.8 Å². The zero-order valence-electron chi connectivity index (χ0n) is 13.2. The number of carbonyl (C=O) groups is 2. The van der Waals surface area contributed by atoms with Gasteiger partial charge in [0.05, 0.1) is 5.69 Å². The van der Waals surface area contributed by atoms with Crippen molar-refractivity contribution in [2.24, 2.45) is 0 Å². The first-order valence-electron chi connectivity index (χ1n) is 7.42. The Labute approximate surface area is 153 Å². The van der Waals surface area contributed by atoms with Crippen LogP contribution < -0.4 is 10.6 Å². The number of halogens is 1. The normalized spacial score (nSPS) is 10.3. The predicted octanol–water partition coefficient (Wildman–Crippen LogP) is 4.67. The Morgan fingerprint density at radius 1 is 1.08 bits per heavy atom. The summed E-state index contributed by atoms with van der Waals surface area (Å²) in [6.45, 7) is 1.42. The van der Waals surface area contributed by atoms with Crippen LogP contribution in [0.5, 0.6) is 0 Å². The second kappa shape index (κ2) is 7.46. The molecule has 3 aromatic rings. The molecule has 0 radical (unpaired) electrons. The summed E-state index contributed by atoms with van der Waals surface area (Å²) in [5.41, 5.74) is 2.70. The van der Waals surface area contributed by atoms with Crippen LogP contribution >= 0.6 is 22.9 Å². The summed E-state index contributed by atoms with van der Waals surface area (Å²) in [6.07, 6.45) is 0. The highest BCUT2D eigenvalue weighted by atomic mass is 35.5. The number of hydrogen-bond donors (Lipinski definition) is 2. The van der Waals surface area contributed by atoms with E-state index in [9.17, 15) is 9.59 Å². The van der Waals surface area contributed by atoms with Gasteiger partial charge in [-0.2, -0.15) is 0 Å². The number of hydrogen-bond acceptors (Lipinski definition) is 4. The van der Waals surface area contributed by atoms with E-state index in [0.29, 0.717) is 21.4 Å². The van der Waals surface area contributed by atoms with E-state index in [4.69, 9.17) is 11.6 Å². The Hall–Kier alpha value is -2.70. The molecule has 0 aliphatic rings. The van der Waals surface area contributed by atoms with Gasteiger partial charge in [-0.25, -0.2) is 4.98 Å². The van der Waals surface area contributed by atoms with E-state index in [-0.39, 0.29) is 11.8 Å². The molecule has 126 valence electrons. The molecule has 0 unspecified atom stereocenters. The Balaban J connectivity index is 1.73. The second-order valence-corrected chi connectivity index (χ2v) is 6.56. The SMILES string of the molecule is CC(=O)Nc1cccc(C(=O)Nc2nc(-c3ccc(Cl)cc3)cs2)c1. The van der Waals surface area contributed by atoms with E-state index in [1.165, 1.54) is 18.3 Å². The van der Waals surface area contributed by atoms with E-state index in [1.54, 1.807) is 36.4 Å². The third kappa shape index (κ3) is 4.43. The highest BCUT2D eigenvalue weighted by Crippen LogP contribution is 2.26. The lowest BCUT2D eigenvalue weighted by molar-refractivity contribution is -0.114. The van der Waals surface area contributed by atoms with Crippen LogP contribution in [-0.4, -0.2) is 16.8 Å². The molecule has 2 amide bonds. The highest BCUT2D eigenvalue weighted by molar-refractivity contribution is 7.14. The van der Waals surface area contributed by atoms with Gasteiger partial charge in [0.2, 0.25) is 5.91 Å². The molecule has 0 saturated heterocycles. The van der Waals surface area contributed by atoms with Gasteiger partial charge in [0, 0.05) is 34.1 Å². The van der Waals surface area contributed by atoms with Crippen molar-refractivity contribution in [2.45, 2.75) is 6.92 Å². The van der Waals surface area contributed by atoms with Crippen molar-refractivity contribution < 1.29 is 9.59 Å². The fourth-order valence-electron chi connectivity index (χ4n) is 2.20. The fraction of sp³-hybridized carbons (Fsp3) is 0.0556. The Morgan fingerprint density at radius 2 is 1.84 bits per heavy atom. The molecule has 2 N–H and O–H groups in total. The minimum atomic E-state index is -0.288. The first-order valence-corrected chi connectivity index (χ1v) is 8.67. The third-order valence-corrected chi connectivity index (χ3v) is 4.32. The summed E-state index contributed by atoms with van der Waals surface area (Å²) in [5.74, 6) is -0.478. The number of rotatable bonds is 4. The minimum Gasteiger partial charge on any atom is -0.326 e. The molecule has 5 nitrogen and oxygen atoms in total. The van der Waals surface area contributed by atoms with Crippen LogP contribution in [0.2, 0.25) is 5.02 Å². The van der Waals surface area contributed by atoms with Gasteiger partial charge in [-0.3, -0.25) is 14.9 Å². The van der Waals surface area contributed by atoms with Crippen LogP contribution in [0.15, 0.2) is 53.9 Å². The largest absolute Gasteiger partial charge is 0.326 e. The van der Waals surface area contributed by atoms with Gasteiger partial charge >= 0.3 is 0 Å². The van der Waals surface area contributed by atoms with Crippen molar-refractivity contribution in [3.63, 3.8) is 0 Å². The Bertz CT molecular complexity index is 922. The maximum Gasteiger partial charge on any atom is 0.257 e. The molecule has 3 rings (SSSR count). The van der Waals surface area contributed by atoms with Crippen LogP contribution in [0.4, 0.5) is 10.8 Å². The summed E-state index contributed by atoms with van der Waals surface area (Å²) < 4.78 is 0. The molecule has 1 aromatic heterocycles. The standard InChI is InChI=1S/C18H14ClN3O2S/c1-11(23)20-15-4-2-3-13(9-15)17(24)22-18-21-16(10-25-18)12-5-7-14(19)8-6-12/h2-10H,1H3,(H,20,23)(H,21,22,24). The number of nitrogens with zero attached hydrogens (tertiary/aromatic N) is 1. The van der Waals surface area contributed by atoms with Gasteiger partial charge in [0.15, 0.2) is 5.13 Å². The van der Waals surface area contributed by atoms with Crippen LogP contribution in [0.25, 0.3) is 11.3 Å². The average molecular weight is 372 g/mol. The predicted molar refractivity (Wildman–Crippen MR) is 101 cm³/mol. The number of thiazole rings is 1. The maximum atomic E-state index is 12.4. The lowest BCUT2D eigenvalue weighted by Gasteiger charge is -2.05. The average Bonchev–Trinajstić information content (AvgIpc) is 3.03. The topological polar surface area (TPSA) is 71.1 Å². The molecular formula is C18H14ClN3O2S. The van der Waals surface area contributed by atoms with Crippen molar-refractivity contribution in [1.29, 1.82) is 0 Å². The molecule has 0 atom stereocenters. The molecule has 0 saturated carbocycles. The third-order valence-electron chi connectivity index (χ3n) is 3.31. The molecule has 0 bridgehead atoms. The van der Waals surface area contributed by atoms with E-state index in [0.717, 1.165) is 11.3 Å². The minimum absolute atomic E-state index is 0.190. The molecule has 25 heavy (non-hydrogen) atoms. The number of benzene rings is 2. The molecule has 0 spiro atoms. The van der Waals surface area contributed by atoms with Crippen molar-refractivity contribution in [3.8, 4) is 11.3 Å². The van der Waals surface area contributed by atoms with Crippen LogP contribution in [-0.2, 0) is 4.79 Å². The van der Waals surface area contributed by atoms with Crippen LogP contribution in [0, 0.1) is 0 Å². The quantitative estimate of drug-likeness (QED) is 0.699. The van der Waals surface area contributed by atoms with E-state index < -0.39 is 0 Å². The molecule has 0 aliphatic carbocycles. The van der Waals surface area contributed by atoms with Crippen LogP contribution in [0.1, 0.15) is 17.3 Å². The first-order chi connectivity index (χ1) is 12.0. The first kappa shape index (κ1) is 17.1. The number of amides is 2.